The van der Waals surface area contributed by atoms with Crippen LogP contribution < -0.4 is 10.6 Å². The molecule has 1 aromatic carbocycles. The summed E-state index contributed by atoms with van der Waals surface area (Å²) in [6.45, 7) is 1.72. The van der Waals surface area contributed by atoms with Gasteiger partial charge in [-0.15, -0.1) is 0 Å². The van der Waals surface area contributed by atoms with Crippen LogP contribution in [0.3, 0.4) is 0 Å². The molecule has 0 radical (unpaired) electrons. The van der Waals surface area contributed by atoms with Crippen molar-refractivity contribution < 1.29 is 13.9 Å². The number of carbonyl (C=O) groups excluding carboxylic acids is 1. The molecule has 1 aliphatic rings. The van der Waals surface area contributed by atoms with Crippen molar-refractivity contribution in [2.45, 2.75) is 25.5 Å². The van der Waals surface area contributed by atoms with Crippen LogP contribution in [-0.2, 0) is 11.3 Å². The number of ether oxygens (including phenoxy) is 1. The standard InChI is InChI=1S/C17H19FN4O2/c18-13-5-3-12(4-6-13)9-19-16-8-15(21-11-22-16)17(23)20-10-14-2-1-7-24-14/h3-6,8,11,14H,1-2,7,9-10H2,(H,20,23)(H,19,21,22). The fourth-order valence-electron chi connectivity index (χ4n) is 2.48. The lowest BCUT2D eigenvalue weighted by Crippen LogP contribution is -2.32. The average Bonchev–Trinajstić information content (AvgIpc) is 3.13. The summed E-state index contributed by atoms with van der Waals surface area (Å²) < 4.78 is 18.4. The Morgan fingerprint density at radius 3 is 2.88 bits per heavy atom. The quantitative estimate of drug-likeness (QED) is 0.849. The number of carbonyl (C=O) groups is 1. The van der Waals surface area contributed by atoms with Gasteiger partial charge in [0, 0.05) is 25.8 Å². The molecule has 1 saturated heterocycles. The van der Waals surface area contributed by atoms with E-state index in [0.29, 0.717) is 24.6 Å². The second-order valence-corrected chi connectivity index (χ2v) is 5.61. The zero-order chi connectivity index (χ0) is 16.8. The largest absolute Gasteiger partial charge is 0.376 e. The van der Waals surface area contributed by atoms with Crippen LogP contribution >= 0.6 is 0 Å². The Labute approximate surface area is 139 Å². The van der Waals surface area contributed by atoms with Crippen LogP contribution in [0.2, 0.25) is 0 Å². The van der Waals surface area contributed by atoms with Gasteiger partial charge >= 0.3 is 0 Å². The summed E-state index contributed by atoms with van der Waals surface area (Å²) in [5.41, 5.74) is 1.21. The van der Waals surface area contributed by atoms with Gasteiger partial charge in [-0.05, 0) is 30.5 Å². The van der Waals surface area contributed by atoms with Crippen molar-refractivity contribution >= 4 is 11.7 Å². The van der Waals surface area contributed by atoms with E-state index in [-0.39, 0.29) is 17.8 Å². The summed E-state index contributed by atoms with van der Waals surface area (Å²) in [5.74, 6) is 0.0142. The predicted molar refractivity (Wildman–Crippen MR) is 87.1 cm³/mol. The van der Waals surface area contributed by atoms with E-state index in [1.807, 2.05) is 0 Å². The first-order valence-corrected chi connectivity index (χ1v) is 7.91. The van der Waals surface area contributed by atoms with Gasteiger partial charge in [0.25, 0.3) is 5.91 Å². The summed E-state index contributed by atoms with van der Waals surface area (Å²) in [4.78, 5) is 20.2. The second kappa shape index (κ2) is 7.83. The minimum atomic E-state index is -0.272. The minimum Gasteiger partial charge on any atom is -0.376 e. The first kappa shape index (κ1) is 16.3. The Balaban J connectivity index is 1.54. The summed E-state index contributed by atoms with van der Waals surface area (Å²) in [5, 5.41) is 5.92. The van der Waals surface area contributed by atoms with Gasteiger partial charge in [-0.1, -0.05) is 12.1 Å². The number of benzene rings is 1. The zero-order valence-corrected chi connectivity index (χ0v) is 13.2. The van der Waals surface area contributed by atoms with Crippen molar-refractivity contribution in [1.29, 1.82) is 0 Å². The number of anilines is 1. The van der Waals surface area contributed by atoms with E-state index in [2.05, 4.69) is 20.6 Å². The molecule has 6 nitrogen and oxygen atoms in total. The molecule has 126 valence electrons. The first-order valence-electron chi connectivity index (χ1n) is 7.91. The second-order valence-electron chi connectivity index (χ2n) is 5.61. The molecule has 1 aliphatic heterocycles. The highest BCUT2D eigenvalue weighted by molar-refractivity contribution is 5.92. The lowest BCUT2D eigenvalue weighted by atomic mass is 10.2. The molecule has 0 aliphatic carbocycles. The number of amides is 1. The van der Waals surface area contributed by atoms with Gasteiger partial charge < -0.3 is 15.4 Å². The summed E-state index contributed by atoms with van der Waals surface area (Å²) in [6, 6.07) is 7.79. The number of halogens is 1. The summed E-state index contributed by atoms with van der Waals surface area (Å²) in [6.07, 6.45) is 3.43. The summed E-state index contributed by atoms with van der Waals surface area (Å²) in [7, 11) is 0. The zero-order valence-electron chi connectivity index (χ0n) is 13.2. The van der Waals surface area contributed by atoms with Crippen molar-refractivity contribution in [3.8, 4) is 0 Å². The molecule has 0 spiro atoms. The molecule has 2 N–H and O–H groups in total. The van der Waals surface area contributed by atoms with Crippen molar-refractivity contribution in [2.75, 3.05) is 18.5 Å². The number of nitrogens with one attached hydrogen (secondary N) is 2. The molecule has 0 saturated carbocycles. The molecule has 2 aromatic rings. The lowest BCUT2D eigenvalue weighted by Gasteiger charge is -2.11. The molecule has 1 fully saturated rings. The summed E-state index contributed by atoms with van der Waals surface area (Å²) >= 11 is 0. The van der Waals surface area contributed by atoms with Crippen LogP contribution in [0, 0.1) is 5.82 Å². The Kier molecular flexibility index (Phi) is 5.32. The highest BCUT2D eigenvalue weighted by Gasteiger charge is 2.17. The van der Waals surface area contributed by atoms with Gasteiger partial charge in [0.2, 0.25) is 0 Å². The Hall–Kier alpha value is -2.54. The smallest absolute Gasteiger partial charge is 0.270 e. The van der Waals surface area contributed by atoms with Crippen LogP contribution in [0.25, 0.3) is 0 Å². The number of hydrogen-bond donors (Lipinski definition) is 2. The molecule has 2 heterocycles. The third-order valence-electron chi connectivity index (χ3n) is 3.80. The Morgan fingerprint density at radius 2 is 2.12 bits per heavy atom. The number of nitrogens with zero attached hydrogens (tertiary/aromatic N) is 2. The molecule has 24 heavy (non-hydrogen) atoms. The van der Waals surface area contributed by atoms with E-state index in [9.17, 15) is 9.18 Å². The highest BCUT2D eigenvalue weighted by Crippen LogP contribution is 2.11. The number of aromatic nitrogens is 2. The average molecular weight is 330 g/mol. The van der Waals surface area contributed by atoms with Crippen molar-refractivity contribution in [3.05, 3.63) is 53.7 Å². The number of rotatable bonds is 6. The van der Waals surface area contributed by atoms with E-state index in [0.717, 1.165) is 25.0 Å². The molecule has 3 rings (SSSR count). The highest BCUT2D eigenvalue weighted by atomic mass is 19.1. The van der Waals surface area contributed by atoms with Gasteiger partial charge in [0.05, 0.1) is 6.10 Å². The maximum absolute atomic E-state index is 12.9. The fraction of sp³-hybridized carbons (Fsp3) is 0.353. The van der Waals surface area contributed by atoms with Gasteiger partial charge in [-0.25, -0.2) is 14.4 Å². The molecule has 1 aromatic heterocycles. The molecule has 1 unspecified atom stereocenters. The minimum absolute atomic E-state index is 0.0897. The number of hydrogen-bond acceptors (Lipinski definition) is 5. The molecule has 7 heteroatoms. The maximum Gasteiger partial charge on any atom is 0.270 e. The van der Waals surface area contributed by atoms with Crippen LogP contribution in [0.15, 0.2) is 36.7 Å². The van der Waals surface area contributed by atoms with Crippen LogP contribution in [0.5, 0.6) is 0 Å². The molecular weight excluding hydrogens is 311 g/mol. The Bertz CT molecular complexity index is 687. The van der Waals surface area contributed by atoms with E-state index >= 15 is 0 Å². The van der Waals surface area contributed by atoms with E-state index in [1.165, 1.54) is 18.5 Å². The lowest BCUT2D eigenvalue weighted by molar-refractivity contribution is 0.0853. The molecular formula is C17H19FN4O2. The Morgan fingerprint density at radius 1 is 1.29 bits per heavy atom. The van der Waals surface area contributed by atoms with E-state index in [1.54, 1.807) is 18.2 Å². The van der Waals surface area contributed by atoms with E-state index in [4.69, 9.17) is 4.74 Å². The third-order valence-corrected chi connectivity index (χ3v) is 3.80. The van der Waals surface area contributed by atoms with Crippen LogP contribution in [0.1, 0.15) is 28.9 Å². The van der Waals surface area contributed by atoms with Gasteiger partial charge in [0.15, 0.2) is 0 Å². The monoisotopic (exact) mass is 330 g/mol. The topological polar surface area (TPSA) is 76.1 Å². The van der Waals surface area contributed by atoms with Crippen molar-refractivity contribution in [2.24, 2.45) is 0 Å². The molecule has 1 atom stereocenters. The normalized spacial score (nSPS) is 16.8. The van der Waals surface area contributed by atoms with Crippen molar-refractivity contribution in [3.63, 3.8) is 0 Å². The predicted octanol–water partition coefficient (Wildman–Crippen LogP) is 2.14. The van der Waals surface area contributed by atoms with Gasteiger partial charge in [0.1, 0.15) is 23.7 Å². The molecule has 0 bridgehead atoms. The van der Waals surface area contributed by atoms with Gasteiger partial charge in [-0.3, -0.25) is 4.79 Å². The molecule has 1 amide bonds. The van der Waals surface area contributed by atoms with Crippen molar-refractivity contribution in [1.82, 2.24) is 15.3 Å². The fourth-order valence-corrected chi connectivity index (χ4v) is 2.48. The third kappa shape index (κ3) is 4.48. The van der Waals surface area contributed by atoms with Crippen LogP contribution in [0.4, 0.5) is 10.2 Å². The first-order chi connectivity index (χ1) is 11.7. The SMILES string of the molecule is O=C(NCC1CCCO1)c1cc(NCc2ccc(F)cc2)ncn1. The van der Waals surface area contributed by atoms with Crippen LogP contribution in [-0.4, -0.2) is 35.1 Å². The van der Waals surface area contributed by atoms with E-state index < -0.39 is 0 Å². The van der Waals surface area contributed by atoms with Gasteiger partial charge in [-0.2, -0.15) is 0 Å². The maximum atomic E-state index is 12.9.